The lowest BCUT2D eigenvalue weighted by Gasteiger charge is -2.39. The van der Waals surface area contributed by atoms with Crippen LogP contribution in [0.3, 0.4) is 0 Å². The highest BCUT2D eigenvalue weighted by Gasteiger charge is 2.72. The normalized spacial score (nSPS) is 12.4. The van der Waals surface area contributed by atoms with Gasteiger partial charge in [-0.2, -0.15) is 26.3 Å². The van der Waals surface area contributed by atoms with Crippen LogP contribution in [0.15, 0.2) is 24.3 Å². The number of esters is 1. The highest BCUT2D eigenvalue weighted by Crippen LogP contribution is 2.43. The van der Waals surface area contributed by atoms with Crippen LogP contribution in [0.2, 0.25) is 0 Å². The number of benzene rings is 1. The average molecular weight is 400 g/mol. The number of ether oxygens (including phenoxy) is 1. The highest BCUT2D eigenvalue weighted by atomic mass is 19.4. The lowest BCUT2D eigenvalue weighted by atomic mass is 10.1. The number of nitrogens with one attached hydrogen (secondary N) is 2. The average Bonchev–Trinajstić information content (AvgIpc) is 2.53. The fraction of sp³-hybridized carbons (Fsp3) is 0.500. The summed E-state index contributed by atoms with van der Waals surface area (Å²) in [5, 5.41) is 2.35. The lowest BCUT2D eigenvalue weighted by Crippen LogP contribution is -2.72. The monoisotopic (exact) mass is 400 g/mol. The van der Waals surface area contributed by atoms with Gasteiger partial charge < -0.3 is 15.4 Å². The zero-order chi connectivity index (χ0) is 20.9. The van der Waals surface area contributed by atoms with Crippen molar-refractivity contribution >= 4 is 17.6 Å². The molecular formula is C16H18F6N2O3. The van der Waals surface area contributed by atoms with Crippen LogP contribution in [0.4, 0.5) is 32.0 Å². The van der Waals surface area contributed by atoms with Crippen LogP contribution in [0, 0.1) is 0 Å². The summed E-state index contributed by atoms with van der Waals surface area (Å²) < 4.78 is 85.0. The van der Waals surface area contributed by atoms with Gasteiger partial charge in [0.25, 0.3) is 0 Å². The van der Waals surface area contributed by atoms with Crippen molar-refractivity contribution < 1.29 is 40.7 Å². The van der Waals surface area contributed by atoms with Crippen LogP contribution >= 0.6 is 0 Å². The molecule has 1 rings (SSSR count). The number of carbonyl (C=O) groups is 2. The Bertz CT molecular complexity index is 642. The van der Waals surface area contributed by atoms with E-state index in [1.807, 2.05) is 0 Å². The SMILES string of the molecule is CCCC(=O)NC(Nc1ccc(C(=O)OCC)cc1)(C(F)(F)F)C(F)(F)F. The van der Waals surface area contributed by atoms with Crippen LogP contribution in [0.5, 0.6) is 0 Å². The minimum absolute atomic E-state index is 0.0492. The van der Waals surface area contributed by atoms with Crippen molar-refractivity contribution in [1.82, 2.24) is 5.32 Å². The van der Waals surface area contributed by atoms with Crippen molar-refractivity contribution in [1.29, 1.82) is 0 Å². The number of hydrogen-bond acceptors (Lipinski definition) is 4. The third-order valence-corrected chi connectivity index (χ3v) is 3.38. The first-order chi connectivity index (χ1) is 12.4. The van der Waals surface area contributed by atoms with Crippen LogP contribution in [0.25, 0.3) is 0 Å². The Morgan fingerprint density at radius 1 is 0.963 bits per heavy atom. The summed E-state index contributed by atoms with van der Waals surface area (Å²) in [6.45, 7) is 3.02. The summed E-state index contributed by atoms with van der Waals surface area (Å²) >= 11 is 0. The molecule has 0 unspecified atom stereocenters. The zero-order valence-electron chi connectivity index (χ0n) is 14.4. The van der Waals surface area contributed by atoms with Gasteiger partial charge in [0.05, 0.1) is 12.2 Å². The standard InChI is InChI=1S/C16H18F6N2O3/c1-3-5-12(25)24-14(15(17,18)19,16(20,21)22)23-11-8-6-10(7-9-11)13(26)27-4-2/h6-9,23H,3-5H2,1-2H3,(H,24,25). The molecule has 0 spiro atoms. The second kappa shape index (κ2) is 8.49. The minimum atomic E-state index is -5.89. The van der Waals surface area contributed by atoms with E-state index >= 15 is 0 Å². The summed E-state index contributed by atoms with van der Waals surface area (Å²) in [5.74, 6) is -2.19. The first-order valence-electron chi connectivity index (χ1n) is 7.87. The third kappa shape index (κ3) is 5.27. The van der Waals surface area contributed by atoms with Gasteiger partial charge in [-0.15, -0.1) is 0 Å². The Kier molecular flexibility index (Phi) is 7.10. The smallest absolute Gasteiger partial charge is 0.439 e. The molecule has 0 saturated carbocycles. The molecule has 1 aromatic carbocycles. The summed E-state index contributed by atoms with van der Waals surface area (Å²) in [5.41, 5.74) is -5.34. The van der Waals surface area contributed by atoms with Crippen molar-refractivity contribution in [3.8, 4) is 0 Å². The number of carbonyl (C=O) groups excluding carboxylic acids is 2. The number of halogens is 6. The maximum Gasteiger partial charge on any atom is 0.439 e. The van der Waals surface area contributed by atoms with Gasteiger partial charge in [0, 0.05) is 12.1 Å². The number of anilines is 1. The van der Waals surface area contributed by atoms with Crippen molar-refractivity contribution in [2.45, 2.75) is 44.7 Å². The summed E-state index contributed by atoms with van der Waals surface area (Å²) in [4.78, 5) is 23.1. The van der Waals surface area contributed by atoms with E-state index in [9.17, 15) is 35.9 Å². The Hall–Kier alpha value is -2.46. The molecule has 1 aromatic rings. The molecule has 0 aliphatic heterocycles. The number of amides is 1. The Morgan fingerprint density at radius 3 is 1.89 bits per heavy atom. The van der Waals surface area contributed by atoms with E-state index in [1.54, 1.807) is 0 Å². The van der Waals surface area contributed by atoms with Gasteiger partial charge in [0.1, 0.15) is 0 Å². The van der Waals surface area contributed by atoms with Gasteiger partial charge >= 0.3 is 24.0 Å². The summed E-state index contributed by atoms with van der Waals surface area (Å²) in [6, 6.07) is 3.71. The predicted molar refractivity (Wildman–Crippen MR) is 83.9 cm³/mol. The highest BCUT2D eigenvalue weighted by molar-refractivity contribution is 5.89. The molecule has 5 nitrogen and oxygen atoms in total. The van der Waals surface area contributed by atoms with Crippen LogP contribution < -0.4 is 10.6 Å². The van der Waals surface area contributed by atoms with E-state index in [0.29, 0.717) is 0 Å². The van der Waals surface area contributed by atoms with Crippen molar-refractivity contribution in [2.24, 2.45) is 0 Å². The molecule has 0 radical (unpaired) electrons. The van der Waals surface area contributed by atoms with E-state index in [1.165, 1.54) is 19.2 Å². The predicted octanol–water partition coefficient (Wildman–Crippen LogP) is 4.01. The van der Waals surface area contributed by atoms with E-state index in [4.69, 9.17) is 0 Å². The van der Waals surface area contributed by atoms with Crippen LogP contribution in [-0.4, -0.2) is 36.5 Å². The molecule has 11 heteroatoms. The first kappa shape index (κ1) is 22.6. The third-order valence-electron chi connectivity index (χ3n) is 3.38. The Morgan fingerprint density at radius 2 is 1.48 bits per heavy atom. The van der Waals surface area contributed by atoms with Gasteiger partial charge in [-0.3, -0.25) is 4.79 Å². The Labute approximate surface area is 151 Å². The van der Waals surface area contributed by atoms with Crippen LogP contribution in [-0.2, 0) is 9.53 Å². The molecule has 0 heterocycles. The van der Waals surface area contributed by atoms with Gasteiger partial charge in [0.2, 0.25) is 5.91 Å². The zero-order valence-corrected chi connectivity index (χ0v) is 14.4. The molecule has 2 N–H and O–H groups in total. The number of alkyl halides is 6. The van der Waals surface area contributed by atoms with Gasteiger partial charge in [-0.05, 0) is 37.6 Å². The number of hydrogen-bond donors (Lipinski definition) is 2. The van der Waals surface area contributed by atoms with Gasteiger partial charge in [-0.1, -0.05) is 6.92 Å². The molecule has 0 aliphatic rings. The molecule has 0 atom stereocenters. The molecule has 0 saturated heterocycles. The molecule has 27 heavy (non-hydrogen) atoms. The van der Waals surface area contributed by atoms with Crippen LogP contribution in [0.1, 0.15) is 37.0 Å². The van der Waals surface area contributed by atoms with Gasteiger partial charge in [0.15, 0.2) is 0 Å². The van der Waals surface area contributed by atoms with E-state index in [2.05, 4.69) is 4.74 Å². The van der Waals surface area contributed by atoms with Crippen molar-refractivity contribution in [3.05, 3.63) is 29.8 Å². The molecule has 0 aliphatic carbocycles. The summed E-state index contributed by atoms with van der Waals surface area (Å²) in [7, 11) is 0. The second-order valence-electron chi connectivity index (χ2n) is 5.47. The second-order valence-corrected chi connectivity index (χ2v) is 5.47. The minimum Gasteiger partial charge on any atom is -0.462 e. The lowest BCUT2D eigenvalue weighted by molar-refractivity contribution is -0.295. The van der Waals surface area contributed by atoms with E-state index in [0.717, 1.165) is 29.6 Å². The molecule has 0 aromatic heterocycles. The maximum atomic E-state index is 13.4. The van der Waals surface area contributed by atoms with Crippen molar-refractivity contribution in [2.75, 3.05) is 11.9 Å². The Balaban J connectivity index is 3.27. The fourth-order valence-electron chi connectivity index (χ4n) is 2.09. The molecular weight excluding hydrogens is 382 g/mol. The van der Waals surface area contributed by atoms with E-state index < -0.39 is 42.0 Å². The largest absolute Gasteiger partial charge is 0.462 e. The van der Waals surface area contributed by atoms with E-state index in [-0.39, 0.29) is 18.6 Å². The van der Waals surface area contributed by atoms with Crippen molar-refractivity contribution in [3.63, 3.8) is 0 Å². The van der Waals surface area contributed by atoms with Gasteiger partial charge in [-0.25, -0.2) is 4.79 Å². The quantitative estimate of drug-likeness (QED) is 0.412. The number of rotatable bonds is 7. The summed E-state index contributed by atoms with van der Waals surface area (Å²) in [6.07, 6.45) is -12.2. The fourth-order valence-corrected chi connectivity index (χ4v) is 2.09. The molecule has 152 valence electrons. The molecule has 0 fully saturated rings. The molecule has 1 amide bonds. The molecule has 0 bridgehead atoms. The first-order valence-corrected chi connectivity index (χ1v) is 7.87. The topological polar surface area (TPSA) is 67.4 Å². The maximum absolute atomic E-state index is 13.4.